The number of fused-ring (bicyclic) bond motifs is 3. The van der Waals surface area contributed by atoms with E-state index >= 15 is 0 Å². The molecule has 0 amide bonds. The molecule has 1 atom stereocenters. The zero-order chi connectivity index (χ0) is 19.1. The van der Waals surface area contributed by atoms with Gasteiger partial charge in [0.1, 0.15) is 5.75 Å². The van der Waals surface area contributed by atoms with Crippen LogP contribution in [0.2, 0.25) is 0 Å². The van der Waals surface area contributed by atoms with Gasteiger partial charge in [0.05, 0.1) is 22.8 Å². The van der Waals surface area contributed by atoms with Crippen LogP contribution in [-0.4, -0.2) is 39.2 Å². The lowest BCUT2D eigenvalue weighted by atomic mass is 10.1. The van der Waals surface area contributed by atoms with E-state index in [1.165, 1.54) is 12.3 Å². The topological polar surface area (TPSA) is 41.3 Å². The van der Waals surface area contributed by atoms with Gasteiger partial charge in [-0.15, -0.1) is 0 Å². The zero-order valence-electron chi connectivity index (χ0n) is 15.0. The summed E-state index contributed by atoms with van der Waals surface area (Å²) in [5, 5.41) is 10.5. The standard InChI is InChI=1S/C19H22F3N3O/c1-4-24(5-2)11-12(3)25-16-9-13(26)8-15(19(20,21)22)18(16)14-6-7-23-10-17(14)25/h6-10,12,26H,4-5,11H2,1-3H3. The number of benzene rings is 1. The van der Waals surface area contributed by atoms with E-state index in [9.17, 15) is 18.3 Å². The van der Waals surface area contributed by atoms with Gasteiger partial charge in [-0.25, -0.2) is 0 Å². The molecule has 1 aromatic carbocycles. The summed E-state index contributed by atoms with van der Waals surface area (Å²) in [7, 11) is 0. The molecule has 4 nitrogen and oxygen atoms in total. The maximum absolute atomic E-state index is 13.6. The summed E-state index contributed by atoms with van der Waals surface area (Å²) in [5.74, 6) is -0.392. The van der Waals surface area contributed by atoms with Crippen LogP contribution < -0.4 is 0 Å². The number of phenolic OH excluding ortho intramolecular Hbond substituents is 1. The van der Waals surface area contributed by atoms with Crippen molar-refractivity contribution in [3.05, 3.63) is 36.2 Å². The lowest BCUT2D eigenvalue weighted by Crippen LogP contribution is -2.29. The lowest BCUT2D eigenvalue weighted by molar-refractivity contribution is -0.136. The van der Waals surface area contributed by atoms with Crippen molar-refractivity contribution in [1.82, 2.24) is 14.5 Å². The Morgan fingerprint density at radius 1 is 1.19 bits per heavy atom. The highest BCUT2D eigenvalue weighted by molar-refractivity contribution is 6.10. The third-order valence-corrected chi connectivity index (χ3v) is 4.85. The number of hydrogen-bond acceptors (Lipinski definition) is 3. The average molecular weight is 365 g/mol. The molecule has 140 valence electrons. The van der Waals surface area contributed by atoms with Gasteiger partial charge in [-0.3, -0.25) is 4.98 Å². The normalized spacial score (nSPS) is 13.8. The van der Waals surface area contributed by atoms with Gasteiger partial charge < -0.3 is 14.6 Å². The fourth-order valence-electron chi connectivity index (χ4n) is 3.64. The fourth-order valence-corrected chi connectivity index (χ4v) is 3.64. The Morgan fingerprint density at radius 2 is 1.88 bits per heavy atom. The van der Waals surface area contributed by atoms with Crippen molar-refractivity contribution in [2.24, 2.45) is 0 Å². The van der Waals surface area contributed by atoms with E-state index in [-0.39, 0.29) is 11.4 Å². The Bertz CT molecular complexity index is 929. The molecule has 0 bridgehead atoms. The van der Waals surface area contributed by atoms with E-state index < -0.39 is 17.5 Å². The Kier molecular flexibility index (Phi) is 4.84. The molecule has 0 saturated carbocycles. The van der Waals surface area contributed by atoms with Gasteiger partial charge in [-0.2, -0.15) is 13.2 Å². The summed E-state index contributed by atoms with van der Waals surface area (Å²) in [6, 6.07) is 3.72. The molecule has 0 aliphatic heterocycles. The first-order valence-electron chi connectivity index (χ1n) is 8.68. The summed E-state index contributed by atoms with van der Waals surface area (Å²) in [6.07, 6.45) is -1.47. The maximum atomic E-state index is 13.6. The Labute approximate surface area is 149 Å². The summed E-state index contributed by atoms with van der Waals surface area (Å²) >= 11 is 0. The molecule has 1 N–H and O–H groups in total. The van der Waals surface area contributed by atoms with Crippen LogP contribution in [-0.2, 0) is 6.18 Å². The van der Waals surface area contributed by atoms with Crippen LogP contribution in [0.5, 0.6) is 5.75 Å². The largest absolute Gasteiger partial charge is 0.508 e. The predicted molar refractivity (Wildman–Crippen MR) is 96.4 cm³/mol. The minimum absolute atomic E-state index is 0.0815. The van der Waals surface area contributed by atoms with Crippen molar-refractivity contribution in [2.75, 3.05) is 19.6 Å². The molecule has 0 fully saturated rings. The fraction of sp³-hybridized carbons (Fsp3) is 0.421. The van der Waals surface area contributed by atoms with Crippen molar-refractivity contribution in [2.45, 2.75) is 33.0 Å². The van der Waals surface area contributed by atoms with Crippen molar-refractivity contribution >= 4 is 21.8 Å². The summed E-state index contributed by atoms with van der Waals surface area (Å²) in [4.78, 5) is 6.32. The number of aromatic nitrogens is 2. The average Bonchev–Trinajstić information content (AvgIpc) is 2.91. The van der Waals surface area contributed by atoms with Gasteiger partial charge in [-0.1, -0.05) is 13.8 Å². The molecule has 1 unspecified atom stereocenters. The van der Waals surface area contributed by atoms with Gasteiger partial charge in [-0.05, 0) is 32.1 Å². The quantitative estimate of drug-likeness (QED) is 0.705. The molecule has 3 rings (SSSR count). The highest BCUT2D eigenvalue weighted by atomic mass is 19.4. The van der Waals surface area contributed by atoms with Crippen molar-refractivity contribution in [3.63, 3.8) is 0 Å². The predicted octanol–water partition coefficient (Wildman–Crippen LogP) is 4.82. The van der Waals surface area contributed by atoms with Gasteiger partial charge in [0, 0.05) is 35.6 Å². The van der Waals surface area contributed by atoms with E-state index in [1.807, 2.05) is 11.5 Å². The van der Waals surface area contributed by atoms with Crippen LogP contribution >= 0.6 is 0 Å². The van der Waals surface area contributed by atoms with Crippen LogP contribution in [0.25, 0.3) is 21.8 Å². The first-order chi connectivity index (χ1) is 12.3. The van der Waals surface area contributed by atoms with Gasteiger partial charge in [0.15, 0.2) is 0 Å². The van der Waals surface area contributed by atoms with Crippen LogP contribution in [0.1, 0.15) is 32.4 Å². The summed E-state index contributed by atoms with van der Waals surface area (Å²) < 4.78 is 42.7. The van der Waals surface area contributed by atoms with E-state index in [0.717, 1.165) is 19.2 Å². The van der Waals surface area contributed by atoms with Crippen LogP contribution in [0, 0.1) is 0 Å². The first-order valence-corrected chi connectivity index (χ1v) is 8.68. The Balaban J connectivity index is 2.33. The molecule has 0 aliphatic rings. The highest BCUT2D eigenvalue weighted by Crippen LogP contribution is 2.42. The van der Waals surface area contributed by atoms with Gasteiger partial charge >= 0.3 is 6.18 Å². The molecule has 2 heterocycles. The number of halogens is 3. The smallest absolute Gasteiger partial charge is 0.417 e. The van der Waals surface area contributed by atoms with Crippen molar-refractivity contribution < 1.29 is 18.3 Å². The Hall–Kier alpha value is -2.28. The van der Waals surface area contributed by atoms with E-state index in [4.69, 9.17) is 0 Å². The summed E-state index contributed by atoms with van der Waals surface area (Å²) in [6.45, 7) is 8.48. The molecular weight excluding hydrogens is 343 g/mol. The molecule has 0 spiro atoms. The van der Waals surface area contributed by atoms with Crippen molar-refractivity contribution in [1.29, 1.82) is 0 Å². The molecule has 3 aromatic rings. The number of likely N-dealkylation sites (N-methyl/N-ethyl adjacent to an activating group) is 1. The zero-order valence-corrected chi connectivity index (χ0v) is 15.0. The SMILES string of the molecule is CCN(CC)CC(C)n1c2cnccc2c2c(C(F)(F)F)cc(O)cc21. The van der Waals surface area contributed by atoms with Gasteiger partial charge in [0.25, 0.3) is 0 Å². The first kappa shape index (κ1) is 18.5. The van der Waals surface area contributed by atoms with Crippen LogP contribution in [0.3, 0.4) is 0 Å². The van der Waals surface area contributed by atoms with E-state index in [0.29, 0.717) is 23.0 Å². The minimum atomic E-state index is -4.55. The maximum Gasteiger partial charge on any atom is 0.417 e. The molecular formula is C19H22F3N3O. The van der Waals surface area contributed by atoms with E-state index in [1.54, 1.807) is 12.3 Å². The molecule has 2 aromatic heterocycles. The van der Waals surface area contributed by atoms with Crippen LogP contribution in [0.4, 0.5) is 13.2 Å². The highest BCUT2D eigenvalue weighted by Gasteiger charge is 2.35. The second kappa shape index (κ2) is 6.79. The third kappa shape index (κ3) is 3.11. The third-order valence-electron chi connectivity index (χ3n) is 4.85. The van der Waals surface area contributed by atoms with Gasteiger partial charge in [0.2, 0.25) is 0 Å². The lowest BCUT2D eigenvalue weighted by Gasteiger charge is -2.25. The van der Waals surface area contributed by atoms with Crippen LogP contribution in [0.15, 0.2) is 30.6 Å². The molecule has 0 aliphatic carbocycles. The monoisotopic (exact) mass is 365 g/mol. The summed E-state index contributed by atoms with van der Waals surface area (Å²) in [5.41, 5.74) is 0.190. The Morgan fingerprint density at radius 3 is 2.50 bits per heavy atom. The molecule has 7 heteroatoms. The second-order valence-electron chi connectivity index (χ2n) is 6.48. The second-order valence-corrected chi connectivity index (χ2v) is 6.48. The number of pyridine rings is 1. The van der Waals surface area contributed by atoms with E-state index in [2.05, 4.69) is 23.7 Å². The number of aromatic hydroxyl groups is 1. The molecule has 0 saturated heterocycles. The number of alkyl halides is 3. The number of phenols is 1. The number of nitrogens with zero attached hydrogens (tertiary/aromatic N) is 3. The number of hydrogen-bond donors (Lipinski definition) is 1. The number of rotatable bonds is 5. The van der Waals surface area contributed by atoms with Crippen molar-refractivity contribution in [3.8, 4) is 5.75 Å². The minimum Gasteiger partial charge on any atom is -0.508 e. The molecule has 0 radical (unpaired) electrons. The molecule has 26 heavy (non-hydrogen) atoms.